The average Bonchev–Trinajstić information content (AvgIpc) is 2.93. The summed E-state index contributed by atoms with van der Waals surface area (Å²) in [5.74, 6) is -0.732. The number of hydrogen-bond donors (Lipinski definition) is 2. The van der Waals surface area contributed by atoms with Gasteiger partial charge in [-0.25, -0.2) is 0 Å². The number of nitrogens with zero attached hydrogens (tertiary/aromatic N) is 1. The summed E-state index contributed by atoms with van der Waals surface area (Å²) in [6.07, 6.45) is 7.26. The zero-order chi connectivity index (χ0) is 16.9. The lowest BCUT2D eigenvalue weighted by atomic mass is 10.0. The SMILES string of the molecule is Cl.O=C(O)CCCCCc1c(-c2cccnc2)[nH]c2ccc(Cl)cc12. The fourth-order valence-electron chi connectivity index (χ4n) is 2.99. The Morgan fingerprint density at radius 2 is 2.04 bits per heavy atom. The van der Waals surface area contributed by atoms with Crippen molar-refractivity contribution in [2.75, 3.05) is 0 Å². The molecule has 25 heavy (non-hydrogen) atoms. The van der Waals surface area contributed by atoms with E-state index in [2.05, 4.69) is 9.97 Å². The Labute approximate surface area is 157 Å². The molecule has 0 saturated carbocycles. The molecule has 0 unspecified atom stereocenters. The highest BCUT2D eigenvalue weighted by Crippen LogP contribution is 2.32. The van der Waals surface area contributed by atoms with E-state index in [0.717, 1.165) is 41.4 Å². The van der Waals surface area contributed by atoms with Crippen LogP contribution < -0.4 is 0 Å². The number of carboxylic acid groups (broad SMARTS) is 1. The van der Waals surface area contributed by atoms with E-state index in [1.54, 1.807) is 6.20 Å². The third-order valence-electron chi connectivity index (χ3n) is 4.14. The number of halogens is 2. The van der Waals surface area contributed by atoms with Gasteiger partial charge in [-0.2, -0.15) is 0 Å². The molecular weight excluding hydrogens is 359 g/mol. The summed E-state index contributed by atoms with van der Waals surface area (Å²) >= 11 is 6.17. The number of pyridine rings is 1. The molecule has 0 aliphatic carbocycles. The molecule has 6 heteroatoms. The number of fused-ring (bicyclic) bond motifs is 1. The van der Waals surface area contributed by atoms with Gasteiger partial charge >= 0.3 is 5.97 Å². The first-order chi connectivity index (χ1) is 11.6. The van der Waals surface area contributed by atoms with Crippen LogP contribution in [0.4, 0.5) is 0 Å². The van der Waals surface area contributed by atoms with Crippen LogP contribution in [0.25, 0.3) is 22.2 Å². The van der Waals surface area contributed by atoms with Gasteiger partial charge in [0.25, 0.3) is 0 Å². The van der Waals surface area contributed by atoms with E-state index >= 15 is 0 Å². The second kappa shape index (κ2) is 8.88. The van der Waals surface area contributed by atoms with E-state index in [4.69, 9.17) is 16.7 Å². The number of aromatic amines is 1. The summed E-state index contributed by atoms with van der Waals surface area (Å²) in [6, 6.07) is 9.81. The third kappa shape index (κ3) is 4.74. The van der Waals surface area contributed by atoms with Gasteiger partial charge < -0.3 is 10.1 Å². The number of rotatable bonds is 7. The Morgan fingerprint density at radius 3 is 2.76 bits per heavy atom. The van der Waals surface area contributed by atoms with Crippen LogP contribution in [0.3, 0.4) is 0 Å². The molecule has 3 aromatic rings. The van der Waals surface area contributed by atoms with E-state index in [-0.39, 0.29) is 18.8 Å². The van der Waals surface area contributed by atoms with Crippen LogP contribution >= 0.6 is 24.0 Å². The number of unbranched alkanes of at least 4 members (excludes halogenated alkanes) is 2. The van der Waals surface area contributed by atoms with E-state index < -0.39 is 5.97 Å². The van der Waals surface area contributed by atoms with Crippen molar-refractivity contribution in [1.82, 2.24) is 9.97 Å². The van der Waals surface area contributed by atoms with Crippen molar-refractivity contribution in [2.24, 2.45) is 0 Å². The molecule has 0 amide bonds. The summed E-state index contributed by atoms with van der Waals surface area (Å²) in [6.45, 7) is 0. The molecule has 4 nitrogen and oxygen atoms in total. The monoisotopic (exact) mass is 378 g/mol. The van der Waals surface area contributed by atoms with Crippen LogP contribution in [0, 0.1) is 0 Å². The highest BCUT2D eigenvalue weighted by Gasteiger charge is 2.13. The lowest BCUT2D eigenvalue weighted by molar-refractivity contribution is -0.137. The number of aryl methyl sites for hydroxylation is 1. The Kier molecular flexibility index (Phi) is 6.85. The van der Waals surface area contributed by atoms with Crippen LogP contribution in [-0.4, -0.2) is 21.0 Å². The highest BCUT2D eigenvalue weighted by molar-refractivity contribution is 6.31. The first kappa shape index (κ1) is 19.3. The standard InChI is InChI=1S/C19H19ClN2O2.ClH/c20-14-8-9-17-16(11-14)15(6-2-1-3-7-18(23)24)19(22-17)13-5-4-10-21-12-13;/h4-5,8-12,22H,1-3,6-7H2,(H,23,24);1H. The van der Waals surface area contributed by atoms with E-state index in [9.17, 15) is 4.79 Å². The van der Waals surface area contributed by atoms with Crippen molar-refractivity contribution in [2.45, 2.75) is 32.1 Å². The van der Waals surface area contributed by atoms with Crippen LogP contribution in [0.1, 0.15) is 31.2 Å². The zero-order valence-electron chi connectivity index (χ0n) is 13.7. The summed E-state index contributed by atoms with van der Waals surface area (Å²) in [4.78, 5) is 18.3. The molecule has 132 valence electrons. The van der Waals surface area contributed by atoms with E-state index in [0.29, 0.717) is 11.4 Å². The lowest BCUT2D eigenvalue weighted by Gasteiger charge is -2.05. The minimum atomic E-state index is -0.732. The smallest absolute Gasteiger partial charge is 0.303 e. The quantitative estimate of drug-likeness (QED) is 0.533. The molecule has 0 fully saturated rings. The summed E-state index contributed by atoms with van der Waals surface area (Å²) in [5.41, 5.74) is 4.39. The Morgan fingerprint density at radius 1 is 1.20 bits per heavy atom. The van der Waals surface area contributed by atoms with Gasteiger partial charge in [-0.1, -0.05) is 18.0 Å². The summed E-state index contributed by atoms with van der Waals surface area (Å²) < 4.78 is 0. The number of aromatic nitrogens is 2. The van der Waals surface area contributed by atoms with Gasteiger partial charge in [-0.15, -0.1) is 12.4 Å². The van der Waals surface area contributed by atoms with Crippen molar-refractivity contribution in [3.8, 4) is 11.3 Å². The minimum Gasteiger partial charge on any atom is -0.481 e. The Hall–Kier alpha value is -2.04. The molecule has 2 heterocycles. The van der Waals surface area contributed by atoms with Crippen molar-refractivity contribution in [3.05, 3.63) is 53.3 Å². The number of aliphatic carboxylic acids is 1. The number of H-pyrrole nitrogens is 1. The van der Waals surface area contributed by atoms with Gasteiger partial charge in [0.05, 0.1) is 5.69 Å². The fraction of sp³-hybridized carbons (Fsp3) is 0.263. The first-order valence-corrected chi connectivity index (χ1v) is 8.45. The number of carbonyl (C=O) groups is 1. The topological polar surface area (TPSA) is 66.0 Å². The number of nitrogens with one attached hydrogen (secondary N) is 1. The zero-order valence-corrected chi connectivity index (χ0v) is 15.2. The van der Waals surface area contributed by atoms with E-state index in [1.807, 2.05) is 36.5 Å². The lowest BCUT2D eigenvalue weighted by Crippen LogP contribution is -1.95. The molecule has 2 aromatic heterocycles. The van der Waals surface area contributed by atoms with Gasteiger partial charge in [0.1, 0.15) is 0 Å². The van der Waals surface area contributed by atoms with Crippen molar-refractivity contribution in [3.63, 3.8) is 0 Å². The van der Waals surface area contributed by atoms with Crippen LogP contribution in [0.2, 0.25) is 5.02 Å². The molecule has 2 N–H and O–H groups in total. The highest BCUT2D eigenvalue weighted by atomic mass is 35.5. The molecule has 0 aliphatic rings. The minimum absolute atomic E-state index is 0. The second-order valence-electron chi connectivity index (χ2n) is 5.86. The van der Waals surface area contributed by atoms with Gasteiger partial charge in [-0.3, -0.25) is 9.78 Å². The first-order valence-electron chi connectivity index (χ1n) is 8.07. The molecule has 0 radical (unpaired) electrons. The second-order valence-corrected chi connectivity index (χ2v) is 6.30. The maximum atomic E-state index is 10.6. The average molecular weight is 379 g/mol. The fourth-order valence-corrected chi connectivity index (χ4v) is 3.16. The van der Waals surface area contributed by atoms with Gasteiger partial charge in [0.15, 0.2) is 0 Å². The molecule has 3 rings (SSSR count). The molecule has 0 aliphatic heterocycles. The van der Waals surface area contributed by atoms with Crippen LogP contribution in [0.5, 0.6) is 0 Å². The number of hydrogen-bond acceptors (Lipinski definition) is 2. The van der Waals surface area contributed by atoms with Crippen molar-refractivity contribution in [1.29, 1.82) is 0 Å². The van der Waals surface area contributed by atoms with Gasteiger partial charge in [0.2, 0.25) is 0 Å². The molecule has 0 saturated heterocycles. The molecular formula is C19H20Cl2N2O2. The van der Waals surface area contributed by atoms with E-state index in [1.165, 1.54) is 5.56 Å². The maximum Gasteiger partial charge on any atom is 0.303 e. The number of carboxylic acids is 1. The molecule has 0 atom stereocenters. The predicted molar refractivity (Wildman–Crippen MR) is 104 cm³/mol. The molecule has 0 spiro atoms. The molecule has 0 bridgehead atoms. The Bertz CT molecular complexity index is 847. The van der Waals surface area contributed by atoms with Gasteiger partial charge in [0, 0.05) is 40.3 Å². The predicted octanol–water partition coefficient (Wildman–Crippen LogP) is 5.49. The summed E-state index contributed by atoms with van der Waals surface area (Å²) in [7, 11) is 0. The van der Waals surface area contributed by atoms with Crippen molar-refractivity contribution < 1.29 is 9.90 Å². The number of benzene rings is 1. The van der Waals surface area contributed by atoms with Crippen LogP contribution in [-0.2, 0) is 11.2 Å². The largest absolute Gasteiger partial charge is 0.481 e. The third-order valence-corrected chi connectivity index (χ3v) is 4.37. The van der Waals surface area contributed by atoms with Gasteiger partial charge in [-0.05, 0) is 55.2 Å². The molecule has 1 aromatic carbocycles. The summed E-state index contributed by atoms with van der Waals surface area (Å²) in [5, 5.41) is 10.6. The van der Waals surface area contributed by atoms with Crippen LogP contribution in [0.15, 0.2) is 42.7 Å². The Balaban J connectivity index is 0.00000225. The maximum absolute atomic E-state index is 10.6. The normalized spacial score (nSPS) is 10.6. The van der Waals surface area contributed by atoms with Crippen molar-refractivity contribution >= 4 is 40.9 Å².